The van der Waals surface area contributed by atoms with Crippen LogP contribution in [-0.2, 0) is 19.9 Å². The van der Waals surface area contributed by atoms with Crippen LogP contribution >= 0.6 is 11.6 Å². The molecule has 0 aromatic heterocycles. The number of phenols is 1. The summed E-state index contributed by atoms with van der Waals surface area (Å²) in [6.07, 6.45) is -0.0158. The fourth-order valence-electron chi connectivity index (χ4n) is 3.58. The maximum Gasteiger partial charge on any atom is 0.265 e. The monoisotopic (exact) mass is 542 g/mol. The Morgan fingerprint density at radius 3 is 2.37 bits per heavy atom. The van der Waals surface area contributed by atoms with Gasteiger partial charge in [0.1, 0.15) is 16.5 Å². The molecular weight excluding hydrogens is 526 g/mol. The zero-order valence-electron chi connectivity index (χ0n) is 17.7. The van der Waals surface area contributed by atoms with Gasteiger partial charge in [-0.25, -0.2) is 25.6 Å². The number of phenolic OH excluding ortho intramolecular Hbond substituents is 1. The predicted molar refractivity (Wildman–Crippen MR) is 125 cm³/mol. The van der Waals surface area contributed by atoms with Gasteiger partial charge >= 0.3 is 0 Å². The molecule has 1 amide bonds. The minimum absolute atomic E-state index is 0.0158. The van der Waals surface area contributed by atoms with Gasteiger partial charge in [0.15, 0.2) is 15.6 Å². The van der Waals surface area contributed by atoms with Crippen LogP contribution in [0.15, 0.2) is 58.3 Å². The highest BCUT2D eigenvalue weighted by molar-refractivity contribution is 7.93. The van der Waals surface area contributed by atoms with Crippen LogP contribution in [0.4, 0.5) is 14.5 Å². The Kier molecular flexibility index (Phi) is 6.47. The van der Waals surface area contributed by atoms with Crippen molar-refractivity contribution >= 4 is 43.1 Å². The lowest BCUT2D eigenvalue weighted by molar-refractivity contribution is 0.0953. The van der Waals surface area contributed by atoms with Gasteiger partial charge in [0.25, 0.3) is 15.9 Å². The molecule has 3 aromatic rings. The molecular formula is C22H17ClF2N2O6S2. The first-order chi connectivity index (χ1) is 16.4. The fraction of sp³-hybridized carbons (Fsp3) is 0.136. The van der Waals surface area contributed by atoms with E-state index in [0.29, 0.717) is 6.07 Å². The molecule has 0 saturated carbocycles. The summed E-state index contributed by atoms with van der Waals surface area (Å²) in [6, 6.07) is 8.53. The van der Waals surface area contributed by atoms with Gasteiger partial charge < -0.3 is 10.4 Å². The van der Waals surface area contributed by atoms with Gasteiger partial charge in [-0.15, -0.1) is 0 Å². The number of fused-ring (bicyclic) bond motifs is 6. The van der Waals surface area contributed by atoms with Gasteiger partial charge in [0, 0.05) is 29.3 Å². The summed E-state index contributed by atoms with van der Waals surface area (Å²) in [7, 11) is -8.72. The number of carbonyl (C=O) groups is 1. The molecule has 35 heavy (non-hydrogen) atoms. The van der Waals surface area contributed by atoms with Gasteiger partial charge in [0.2, 0.25) is 0 Å². The first-order valence-electron chi connectivity index (χ1n) is 10.1. The molecule has 13 heteroatoms. The number of hydrogen-bond donors (Lipinski definition) is 3. The summed E-state index contributed by atoms with van der Waals surface area (Å²) in [6.45, 7) is -0.0892. The summed E-state index contributed by atoms with van der Waals surface area (Å²) < 4.78 is 83.3. The first kappa shape index (κ1) is 24.9. The molecule has 4 bridgehead atoms. The van der Waals surface area contributed by atoms with Gasteiger partial charge in [0.05, 0.1) is 21.4 Å². The Labute approximate surface area is 204 Å². The minimum atomic E-state index is -4.74. The third kappa shape index (κ3) is 4.81. The summed E-state index contributed by atoms with van der Waals surface area (Å²) in [5, 5.41) is 12.2. The summed E-state index contributed by atoms with van der Waals surface area (Å²) in [5.41, 5.74) is -1.42. The van der Waals surface area contributed by atoms with E-state index in [2.05, 4.69) is 5.32 Å². The highest BCUT2D eigenvalue weighted by Gasteiger charge is 2.27. The predicted octanol–water partition coefficient (Wildman–Crippen LogP) is 3.70. The molecule has 4 rings (SSSR count). The average molecular weight is 543 g/mol. The van der Waals surface area contributed by atoms with Crippen molar-refractivity contribution in [3.05, 3.63) is 70.8 Å². The minimum Gasteiger partial charge on any atom is -0.505 e. The van der Waals surface area contributed by atoms with Crippen molar-refractivity contribution in [3.8, 4) is 16.9 Å². The number of nitrogens with one attached hydrogen (secondary N) is 2. The number of sulfone groups is 1. The lowest BCUT2D eigenvalue weighted by atomic mass is 10.0. The van der Waals surface area contributed by atoms with E-state index in [1.54, 1.807) is 0 Å². The lowest BCUT2D eigenvalue weighted by Gasteiger charge is -2.16. The van der Waals surface area contributed by atoms with Gasteiger partial charge in [-0.3, -0.25) is 9.52 Å². The largest absolute Gasteiger partial charge is 0.505 e. The smallest absolute Gasteiger partial charge is 0.265 e. The summed E-state index contributed by atoms with van der Waals surface area (Å²) in [4.78, 5) is 11.5. The number of rotatable bonds is 0. The van der Waals surface area contributed by atoms with Gasteiger partial charge in [-0.2, -0.15) is 0 Å². The Morgan fingerprint density at radius 1 is 0.914 bits per heavy atom. The number of anilines is 1. The number of sulfonamides is 1. The number of benzene rings is 3. The van der Waals surface area contributed by atoms with E-state index in [-0.39, 0.29) is 34.6 Å². The Morgan fingerprint density at radius 2 is 1.63 bits per heavy atom. The van der Waals surface area contributed by atoms with Crippen LogP contribution in [0.1, 0.15) is 16.8 Å². The van der Waals surface area contributed by atoms with E-state index in [1.165, 1.54) is 24.3 Å². The van der Waals surface area contributed by atoms with Crippen LogP contribution in [0.25, 0.3) is 11.1 Å². The fourth-order valence-corrected chi connectivity index (χ4v) is 6.60. The molecule has 0 radical (unpaired) electrons. The van der Waals surface area contributed by atoms with Crippen molar-refractivity contribution in [3.63, 3.8) is 0 Å². The van der Waals surface area contributed by atoms with Gasteiger partial charge in [-0.1, -0.05) is 29.8 Å². The zero-order valence-corrected chi connectivity index (χ0v) is 20.1. The molecule has 0 fully saturated rings. The van der Waals surface area contributed by atoms with Crippen molar-refractivity contribution in [2.75, 3.05) is 17.0 Å². The highest BCUT2D eigenvalue weighted by Crippen LogP contribution is 2.37. The van der Waals surface area contributed by atoms with Crippen LogP contribution in [0.5, 0.6) is 5.75 Å². The Bertz CT molecular complexity index is 1580. The number of halogens is 3. The molecule has 0 spiro atoms. The molecule has 0 atom stereocenters. The molecule has 0 aliphatic carbocycles. The number of hydrogen-bond acceptors (Lipinski definition) is 6. The topological polar surface area (TPSA) is 130 Å². The number of aromatic hydroxyl groups is 1. The summed E-state index contributed by atoms with van der Waals surface area (Å²) in [5.74, 6) is -4.46. The third-order valence-electron chi connectivity index (χ3n) is 5.27. The van der Waals surface area contributed by atoms with Crippen LogP contribution in [0, 0.1) is 11.6 Å². The number of carbonyl (C=O) groups excluding carboxylic acids is 1. The Hall–Kier alpha value is -3.22. The van der Waals surface area contributed by atoms with E-state index in [4.69, 9.17) is 11.6 Å². The quantitative estimate of drug-likeness (QED) is 0.397. The lowest BCUT2D eigenvalue weighted by Crippen LogP contribution is -2.26. The molecule has 1 aliphatic heterocycles. The normalized spacial score (nSPS) is 17.1. The molecule has 1 aliphatic rings. The molecule has 0 saturated heterocycles. The molecule has 1 heterocycles. The Balaban J connectivity index is 1.98. The SMILES string of the molecule is O=C1NCCCS(=O)(=O)c2ccccc2-c2cc(c(F)cc2F)NS(=O)(=O)c2cc1cc(Cl)c2O. The van der Waals surface area contributed by atoms with Crippen LogP contribution < -0.4 is 10.0 Å². The second kappa shape index (κ2) is 9.10. The van der Waals surface area contributed by atoms with Crippen molar-refractivity contribution in [1.29, 1.82) is 0 Å². The van der Waals surface area contributed by atoms with E-state index in [0.717, 1.165) is 18.2 Å². The maximum absolute atomic E-state index is 14.8. The third-order valence-corrected chi connectivity index (χ3v) is 8.79. The second-order valence-electron chi connectivity index (χ2n) is 7.65. The van der Waals surface area contributed by atoms with Crippen molar-refractivity contribution in [2.24, 2.45) is 0 Å². The zero-order chi connectivity index (χ0) is 25.5. The molecule has 3 N–H and O–H groups in total. The van der Waals surface area contributed by atoms with E-state index >= 15 is 0 Å². The second-order valence-corrected chi connectivity index (χ2v) is 11.8. The first-order valence-corrected chi connectivity index (χ1v) is 13.6. The van der Waals surface area contributed by atoms with Gasteiger partial charge in [-0.05, 0) is 30.7 Å². The average Bonchev–Trinajstić information content (AvgIpc) is 2.79. The summed E-state index contributed by atoms with van der Waals surface area (Å²) >= 11 is 5.91. The molecule has 8 nitrogen and oxygen atoms in total. The van der Waals surface area contributed by atoms with Crippen LogP contribution in [0.2, 0.25) is 5.02 Å². The van der Waals surface area contributed by atoms with E-state index < -0.39 is 64.5 Å². The molecule has 0 unspecified atom stereocenters. The standard InChI is InChI=1S/C22H17ClF2N2O6S2/c23-15-8-12-9-20(21(15)28)35(32,33)27-18-10-14(16(24)11-17(18)25)13-4-1-2-5-19(13)34(30,31)7-3-6-26-22(12)29/h1-2,4-5,8-11,27-28H,3,6-7H2,(H,26,29). The number of amides is 1. The van der Waals surface area contributed by atoms with Crippen LogP contribution in [-0.4, -0.2) is 40.1 Å². The van der Waals surface area contributed by atoms with Crippen molar-refractivity contribution in [2.45, 2.75) is 16.2 Å². The molecule has 184 valence electrons. The highest BCUT2D eigenvalue weighted by atomic mass is 35.5. The van der Waals surface area contributed by atoms with E-state index in [9.17, 15) is 35.5 Å². The van der Waals surface area contributed by atoms with Crippen LogP contribution in [0.3, 0.4) is 0 Å². The van der Waals surface area contributed by atoms with Crippen molar-refractivity contribution in [1.82, 2.24) is 5.32 Å². The van der Waals surface area contributed by atoms with Crippen molar-refractivity contribution < 1.29 is 35.5 Å². The molecule has 3 aromatic carbocycles. The maximum atomic E-state index is 14.8. The van der Waals surface area contributed by atoms with E-state index in [1.807, 2.05) is 4.72 Å².